The Kier molecular flexibility index (Phi) is 5.52. The summed E-state index contributed by atoms with van der Waals surface area (Å²) in [4.78, 5) is 17.6. The zero-order chi connectivity index (χ0) is 21.2. The molecule has 1 aromatic heterocycles. The minimum absolute atomic E-state index is 0.141. The number of rotatable bonds is 6. The molecule has 1 heterocycles. The molecule has 1 aromatic carbocycles. The van der Waals surface area contributed by atoms with Gasteiger partial charge < -0.3 is 14.7 Å². The maximum Gasteiger partial charge on any atom is 0.407 e. The molecule has 0 saturated heterocycles. The molecule has 1 N–H and O–H groups in total. The first-order valence-corrected chi connectivity index (χ1v) is 9.74. The van der Waals surface area contributed by atoms with Crippen LogP contribution in [0.4, 0.5) is 4.79 Å². The van der Waals surface area contributed by atoms with E-state index in [1.54, 1.807) is 12.3 Å². The zero-order valence-corrected chi connectivity index (χ0v) is 17.4. The summed E-state index contributed by atoms with van der Waals surface area (Å²) in [5.41, 5.74) is 2.71. The van der Waals surface area contributed by atoms with Gasteiger partial charge in [-0.25, -0.2) is 4.79 Å². The highest BCUT2D eigenvalue weighted by Crippen LogP contribution is 2.47. The van der Waals surface area contributed by atoms with Crippen molar-refractivity contribution in [2.45, 2.75) is 46.1 Å². The van der Waals surface area contributed by atoms with E-state index in [4.69, 9.17) is 10.00 Å². The van der Waals surface area contributed by atoms with Gasteiger partial charge in [-0.3, -0.25) is 4.98 Å². The molecule has 6 nitrogen and oxygen atoms in total. The van der Waals surface area contributed by atoms with Crippen molar-refractivity contribution in [2.75, 3.05) is 13.2 Å². The lowest BCUT2D eigenvalue weighted by Crippen LogP contribution is -2.48. The summed E-state index contributed by atoms with van der Waals surface area (Å²) in [6.45, 7) is 8.56. The number of hydrogen-bond acceptors (Lipinski definition) is 4. The summed E-state index contributed by atoms with van der Waals surface area (Å²) < 4.78 is 6.05. The van der Waals surface area contributed by atoms with Gasteiger partial charge in [0.05, 0.1) is 24.4 Å². The van der Waals surface area contributed by atoms with Gasteiger partial charge in [0.15, 0.2) is 0 Å². The normalized spacial score (nSPS) is 14.7. The Hall–Kier alpha value is -3.07. The van der Waals surface area contributed by atoms with Crippen molar-refractivity contribution >= 4 is 6.09 Å². The van der Waals surface area contributed by atoms with Crippen LogP contribution >= 0.6 is 0 Å². The number of aryl methyl sites for hydroxylation is 1. The van der Waals surface area contributed by atoms with Crippen molar-refractivity contribution in [2.24, 2.45) is 5.41 Å². The Morgan fingerprint density at radius 3 is 2.66 bits per heavy atom. The van der Waals surface area contributed by atoms with Crippen LogP contribution in [0.1, 0.15) is 44.9 Å². The number of carboxylic acid groups (broad SMARTS) is 1. The molecular weight excluding hydrogens is 366 g/mol. The fourth-order valence-corrected chi connectivity index (χ4v) is 3.33. The van der Waals surface area contributed by atoms with Crippen LogP contribution in [0.3, 0.4) is 0 Å². The van der Waals surface area contributed by atoms with E-state index in [0.717, 1.165) is 29.7 Å². The Bertz CT molecular complexity index is 953. The number of pyridine rings is 1. The number of amides is 1. The molecule has 1 aliphatic rings. The van der Waals surface area contributed by atoms with Gasteiger partial charge in [0, 0.05) is 28.8 Å². The molecule has 0 radical (unpaired) electrons. The molecule has 1 fully saturated rings. The summed E-state index contributed by atoms with van der Waals surface area (Å²) in [5, 5.41) is 18.7. The van der Waals surface area contributed by atoms with Crippen LogP contribution in [-0.2, 0) is 0 Å². The maximum absolute atomic E-state index is 11.7. The second-order valence-corrected chi connectivity index (χ2v) is 8.82. The van der Waals surface area contributed by atoms with Gasteiger partial charge in [-0.1, -0.05) is 12.1 Å². The van der Waals surface area contributed by atoms with Crippen LogP contribution in [0.15, 0.2) is 36.5 Å². The van der Waals surface area contributed by atoms with Gasteiger partial charge in [-0.2, -0.15) is 5.26 Å². The highest BCUT2D eigenvalue weighted by molar-refractivity contribution is 5.68. The van der Waals surface area contributed by atoms with E-state index in [-0.39, 0.29) is 5.41 Å². The molecule has 1 aliphatic carbocycles. The molecule has 29 heavy (non-hydrogen) atoms. The average molecular weight is 393 g/mol. The highest BCUT2D eigenvalue weighted by Gasteiger charge is 2.47. The predicted molar refractivity (Wildman–Crippen MR) is 111 cm³/mol. The first-order chi connectivity index (χ1) is 13.6. The molecule has 3 rings (SSSR count). The minimum Gasteiger partial charge on any atom is -0.491 e. The molecule has 0 spiro atoms. The number of nitriles is 1. The maximum atomic E-state index is 11.7. The highest BCUT2D eigenvalue weighted by atomic mass is 16.5. The lowest BCUT2D eigenvalue weighted by molar-refractivity contribution is 0.0746. The SMILES string of the molecule is Cc1ncc(OCC2(CN(C(=O)O)C(C)(C)C)CC2)cc1-c1cccc(C#N)c1. The van der Waals surface area contributed by atoms with Crippen LogP contribution in [0, 0.1) is 23.7 Å². The Balaban J connectivity index is 1.75. The summed E-state index contributed by atoms with van der Waals surface area (Å²) in [6, 6.07) is 11.5. The fraction of sp³-hybridized carbons (Fsp3) is 0.435. The van der Waals surface area contributed by atoms with Gasteiger partial charge in [-0.15, -0.1) is 0 Å². The van der Waals surface area contributed by atoms with E-state index < -0.39 is 11.6 Å². The molecule has 6 heteroatoms. The standard InChI is InChI=1S/C23H27N3O3/c1-16-20(18-7-5-6-17(10-18)12-24)11-19(13-25-16)29-15-23(8-9-23)14-26(21(27)28)22(2,3)4/h5-7,10-11,13H,8-9,14-15H2,1-4H3,(H,27,28). The topological polar surface area (TPSA) is 86.4 Å². The number of benzene rings is 1. The van der Waals surface area contributed by atoms with Crippen LogP contribution in [0.5, 0.6) is 5.75 Å². The molecule has 0 atom stereocenters. The fourth-order valence-electron chi connectivity index (χ4n) is 3.33. The van der Waals surface area contributed by atoms with Crippen LogP contribution in [-0.4, -0.2) is 39.8 Å². The Morgan fingerprint density at radius 2 is 2.07 bits per heavy atom. The summed E-state index contributed by atoms with van der Waals surface area (Å²) in [5.74, 6) is 0.650. The summed E-state index contributed by atoms with van der Waals surface area (Å²) >= 11 is 0. The number of ether oxygens (including phenoxy) is 1. The van der Waals surface area contributed by atoms with Crippen LogP contribution in [0.25, 0.3) is 11.1 Å². The quantitative estimate of drug-likeness (QED) is 0.757. The molecule has 2 aromatic rings. The van der Waals surface area contributed by atoms with Gasteiger partial charge in [0.25, 0.3) is 0 Å². The number of hydrogen-bond donors (Lipinski definition) is 1. The molecule has 0 bridgehead atoms. The first kappa shape index (κ1) is 20.7. The monoisotopic (exact) mass is 393 g/mol. The van der Waals surface area contributed by atoms with Gasteiger partial charge in [-0.05, 0) is 64.3 Å². The van der Waals surface area contributed by atoms with Crippen molar-refractivity contribution in [3.63, 3.8) is 0 Å². The molecule has 152 valence electrons. The van der Waals surface area contributed by atoms with Crippen molar-refractivity contribution in [3.05, 3.63) is 47.8 Å². The van der Waals surface area contributed by atoms with E-state index in [1.807, 2.05) is 52.0 Å². The molecule has 0 unspecified atom stereocenters. The van der Waals surface area contributed by atoms with E-state index in [9.17, 15) is 9.90 Å². The summed E-state index contributed by atoms with van der Waals surface area (Å²) in [7, 11) is 0. The predicted octanol–water partition coefficient (Wildman–Crippen LogP) is 4.87. The minimum atomic E-state index is -0.902. The third kappa shape index (κ3) is 4.86. The lowest BCUT2D eigenvalue weighted by atomic mass is 10.0. The van der Waals surface area contributed by atoms with Gasteiger partial charge in [0.2, 0.25) is 0 Å². The van der Waals surface area contributed by atoms with Gasteiger partial charge >= 0.3 is 6.09 Å². The number of aromatic nitrogens is 1. The van der Waals surface area contributed by atoms with Crippen LogP contribution in [0.2, 0.25) is 0 Å². The van der Waals surface area contributed by atoms with E-state index in [2.05, 4.69) is 11.1 Å². The van der Waals surface area contributed by atoms with Crippen LogP contribution < -0.4 is 4.74 Å². The van der Waals surface area contributed by atoms with E-state index >= 15 is 0 Å². The Labute approximate surface area is 171 Å². The zero-order valence-electron chi connectivity index (χ0n) is 17.4. The van der Waals surface area contributed by atoms with Gasteiger partial charge in [0.1, 0.15) is 5.75 Å². The molecule has 1 amide bonds. The second kappa shape index (κ2) is 7.75. The third-order valence-corrected chi connectivity index (χ3v) is 5.40. The molecular formula is C23H27N3O3. The first-order valence-electron chi connectivity index (χ1n) is 9.74. The smallest absolute Gasteiger partial charge is 0.407 e. The molecule has 1 saturated carbocycles. The molecule has 0 aliphatic heterocycles. The van der Waals surface area contributed by atoms with E-state index in [0.29, 0.717) is 24.5 Å². The van der Waals surface area contributed by atoms with Crippen molar-refractivity contribution < 1.29 is 14.6 Å². The largest absolute Gasteiger partial charge is 0.491 e. The second-order valence-electron chi connectivity index (χ2n) is 8.82. The summed E-state index contributed by atoms with van der Waals surface area (Å²) in [6.07, 6.45) is 2.69. The number of nitrogens with zero attached hydrogens (tertiary/aromatic N) is 3. The Morgan fingerprint density at radius 1 is 1.34 bits per heavy atom. The average Bonchev–Trinajstić information content (AvgIpc) is 3.44. The van der Waals surface area contributed by atoms with E-state index in [1.165, 1.54) is 4.90 Å². The number of carbonyl (C=O) groups is 1. The third-order valence-electron chi connectivity index (χ3n) is 5.40. The van der Waals surface area contributed by atoms with Crippen molar-refractivity contribution in [3.8, 4) is 22.9 Å². The lowest BCUT2D eigenvalue weighted by Gasteiger charge is -2.36. The van der Waals surface area contributed by atoms with Crippen molar-refractivity contribution in [1.29, 1.82) is 5.26 Å². The van der Waals surface area contributed by atoms with Crippen molar-refractivity contribution in [1.82, 2.24) is 9.88 Å².